The van der Waals surface area contributed by atoms with E-state index in [1.54, 1.807) is 22.5 Å². The van der Waals surface area contributed by atoms with E-state index in [2.05, 4.69) is 30.7 Å². The van der Waals surface area contributed by atoms with Gasteiger partial charge < -0.3 is 0 Å². The van der Waals surface area contributed by atoms with E-state index in [0.29, 0.717) is 3.43 Å². The van der Waals surface area contributed by atoms with Crippen molar-refractivity contribution in [2.75, 3.05) is 6.26 Å². The molecule has 6 radical (unpaired) electrons. The summed E-state index contributed by atoms with van der Waals surface area (Å²) in [5, 5.41) is -0.0461. The van der Waals surface area contributed by atoms with Crippen LogP contribution in [0.25, 0.3) is 0 Å². The van der Waals surface area contributed by atoms with Gasteiger partial charge in [0.1, 0.15) is 0 Å². The quantitative estimate of drug-likeness (QED) is 0.466. The van der Waals surface area contributed by atoms with Crippen molar-refractivity contribution in [3.8, 4) is 0 Å². The molecule has 0 amide bonds. The molecule has 1 rings (SSSR count). The summed E-state index contributed by atoms with van der Waals surface area (Å²) in [5.41, 5.74) is 0.815. The van der Waals surface area contributed by atoms with Gasteiger partial charge in [-0.05, 0) is 0 Å². The minimum absolute atomic E-state index is 0.0461. The van der Waals surface area contributed by atoms with Crippen LogP contribution in [0, 0.1) is 0 Å². The summed E-state index contributed by atoms with van der Waals surface area (Å²) in [4.78, 5) is 7.94. The van der Waals surface area contributed by atoms with E-state index in [0.717, 1.165) is 51.0 Å². The molecular weight excluding hydrogens is 474 g/mol. The van der Waals surface area contributed by atoms with E-state index < -0.39 is 9.84 Å². The SMILES string of the molecule is CCCc1c[c]([Sn])nc(S(C)(=O)=O)n1.C[C](C)(C)[Sn]. The number of hydrogen-bond acceptors (Lipinski definition) is 4. The molecule has 1 aromatic heterocycles. The molecule has 0 aromatic carbocycles. The van der Waals surface area contributed by atoms with Crippen molar-refractivity contribution in [1.82, 2.24) is 9.97 Å². The molecule has 4 nitrogen and oxygen atoms in total. The molecule has 0 bridgehead atoms. The molecule has 19 heavy (non-hydrogen) atoms. The second-order valence-electron chi connectivity index (χ2n) is 5.30. The van der Waals surface area contributed by atoms with Crippen LogP contribution in [0.1, 0.15) is 39.8 Å². The summed E-state index contributed by atoms with van der Waals surface area (Å²) in [5.74, 6) is 0. The van der Waals surface area contributed by atoms with Crippen LogP contribution in [0.5, 0.6) is 0 Å². The topological polar surface area (TPSA) is 59.9 Å². The van der Waals surface area contributed by atoms with Crippen molar-refractivity contribution in [1.29, 1.82) is 0 Å². The van der Waals surface area contributed by atoms with Gasteiger partial charge in [0.05, 0.1) is 0 Å². The van der Waals surface area contributed by atoms with Gasteiger partial charge >= 0.3 is 144 Å². The molecular formula is C12H20N2O2SSn2. The first-order chi connectivity index (χ1) is 8.43. The van der Waals surface area contributed by atoms with Crippen LogP contribution < -0.4 is 3.71 Å². The fourth-order valence-corrected chi connectivity index (χ4v) is 2.58. The Morgan fingerprint density at radius 2 is 1.74 bits per heavy atom. The van der Waals surface area contributed by atoms with Crippen molar-refractivity contribution in [3.05, 3.63) is 11.8 Å². The summed E-state index contributed by atoms with van der Waals surface area (Å²) in [6.07, 6.45) is 2.88. The molecule has 0 N–H and O–H groups in total. The maximum absolute atomic E-state index is 11.2. The Morgan fingerprint density at radius 3 is 2.11 bits per heavy atom. The third kappa shape index (κ3) is 11.0. The second-order valence-corrected chi connectivity index (χ2v) is 13.0. The van der Waals surface area contributed by atoms with Gasteiger partial charge in [0, 0.05) is 0 Å². The zero-order valence-corrected chi connectivity index (χ0v) is 18.6. The summed E-state index contributed by atoms with van der Waals surface area (Å²) in [6, 6.07) is 1.86. The average Bonchev–Trinajstić information content (AvgIpc) is 2.12. The van der Waals surface area contributed by atoms with Crippen molar-refractivity contribution < 1.29 is 8.42 Å². The average molecular weight is 494 g/mol. The van der Waals surface area contributed by atoms with Crippen LogP contribution in [0.2, 0.25) is 3.43 Å². The van der Waals surface area contributed by atoms with Crippen LogP contribution in [-0.4, -0.2) is 69.7 Å². The van der Waals surface area contributed by atoms with Crippen LogP contribution in [0.3, 0.4) is 0 Å². The van der Waals surface area contributed by atoms with Crippen molar-refractivity contribution in [2.45, 2.75) is 49.1 Å². The summed E-state index contributed by atoms with van der Waals surface area (Å²) >= 11 is 2.73. The van der Waals surface area contributed by atoms with Crippen LogP contribution in [0.15, 0.2) is 11.2 Å². The maximum atomic E-state index is 11.2. The van der Waals surface area contributed by atoms with E-state index in [4.69, 9.17) is 0 Å². The van der Waals surface area contributed by atoms with Crippen LogP contribution in [0.4, 0.5) is 0 Å². The van der Waals surface area contributed by atoms with E-state index >= 15 is 0 Å². The standard InChI is InChI=1S/C8H11N2O2S.C4H9.2Sn/c1-3-4-7-5-6-9-8(10-7)13(2,11)12;1-4(2)3;;/h5H,3-4H2,1-2H3;1-3H3;;. The monoisotopic (exact) mass is 496 g/mol. The van der Waals surface area contributed by atoms with Gasteiger partial charge in [0.25, 0.3) is 0 Å². The van der Waals surface area contributed by atoms with Crippen molar-refractivity contribution >= 4 is 58.6 Å². The van der Waals surface area contributed by atoms with Gasteiger partial charge in [0.15, 0.2) is 0 Å². The zero-order valence-electron chi connectivity index (χ0n) is 12.1. The third-order valence-electron chi connectivity index (χ3n) is 1.60. The minimum atomic E-state index is -3.27. The second kappa shape index (κ2) is 8.16. The van der Waals surface area contributed by atoms with Gasteiger partial charge in [0.2, 0.25) is 0 Å². The van der Waals surface area contributed by atoms with E-state index in [-0.39, 0.29) is 5.16 Å². The molecule has 0 saturated heterocycles. The summed E-state index contributed by atoms with van der Waals surface area (Å²) in [6.45, 7) is 8.72. The summed E-state index contributed by atoms with van der Waals surface area (Å²) in [7, 11) is -3.27. The van der Waals surface area contributed by atoms with Gasteiger partial charge in [-0.3, -0.25) is 0 Å². The van der Waals surface area contributed by atoms with Gasteiger partial charge in [-0.1, -0.05) is 0 Å². The molecule has 0 saturated carbocycles. The molecule has 0 aliphatic rings. The Bertz CT molecular complexity index is 505. The molecule has 1 aromatic rings. The number of aromatic nitrogens is 2. The Balaban J connectivity index is 0.000000555. The van der Waals surface area contributed by atoms with Gasteiger partial charge in [-0.15, -0.1) is 0 Å². The molecule has 104 valence electrons. The Hall–Kier alpha value is 0.627. The molecule has 0 aliphatic heterocycles. The molecule has 0 aliphatic carbocycles. The first-order valence-corrected chi connectivity index (χ1v) is 10.7. The predicted octanol–water partition coefficient (Wildman–Crippen LogP) is 1.000. The predicted molar refractivity (Wildman–Crippen MR) is 80.0 cm³/mol. The van der Waals surface area contributed by atoms with E-state index in [1.807, 2.05) is 13.0 Å². The van der Waals surface area contributed by atoms with Gasteiger partial charge in [-0.2, -0.15) is 0 Å². The fraction of sp³-hybridized carbons (Fsp3) is 0.667. The number of aryl methyl sites for hydroxylation is 1. The Kier molecular flexibility index (Phi) is 8.43. The molecule has 0 spiro atoms. The number of rotatable bonds is 3. The summed E-state index contributed by atoms with van der Waals surface area (Å²) < 4.78 is 23.8. The Labute approximate surface area is 143 Å². The molecule has 1 heterocycles. The zero-order chi connectivity index (χ0) is 15.3. The molecule has 0 unspecified atom stereocenters. The normalized spacial score (nSPS) is 11.7. The first-order valence-electron chi connectivity index (χ1n) is 5.98. The van der Waals surface area contributed by atoms with Crippen molar-refractivity contribution in [3.63, 3.8) is 0 Å². The van der Waals surface area contributed by atoms with Crippen molar-refractivity contribution in [2.24, 2.45) is 0 Å². The first kappa shape index (κ1) is 19.6. The number of sulfone groups is 1. The fourth-order valence-electron chi connectivity index (χ4n) is 1.02. The van der Waals surface area contributed by atoms with E-state index in [9.17, 15) is 8.42 Å². The molecule has 0 atom stereocenters. The van der Waals surface area contributed by atoms with Crippen LogP contribution in [-0.2, 0) is 16.3 Å². The van der Waals surface area contributed by atoms with E-state index in [1.165, 1.54) is 0 Å². The third-order valence-corrected chi connectivity index (χ3v) is 3.17. The van der Waals surface area contributed by atoms with Gasteiger partial charge in [-0.25, -0.2) is 0 Å². The molecule has 7 heteroatoms. The number of hydrogen-bond donors (Lipinski definition) is 0. The Morgan fingerprint density at radius 1 is 1.26 bits per heavy atom. The van der Waals surface area contributed by atoms with Crippen LogP contribution >= 0.6 is 0 Å². The molecule has 0 fully saturated rings. The number of nitrogens with zero attached hydrogens (tertiary/aromatic N) is 2.